The van der Waals surface area contributed by atoms with Crippen molar-refractivity contribution in [3.8, 4) is 0 Å². The highest BCUT2D eigenvalue weighted by atomic mass is 35.5. The van der Waals surface area contributed by atoms with Gasteiger partial charge in [-0.25, -0.2) is 0 Å². The minimum absolute atomic E-state index is 0.250. The summed E-state index contributed by atoms with van der Waals surface area (Å²) in [6.07, 6.45) is 5.79. The molecule has 0 heterocycles. The Kier molecular flexibility index (Phi) is 42.7. The molecule has 0 radical (unpaired) electrons. The second-order valence-electron chi connectivity index (χ2n) is 2.22. The molecule has 1 amide bonds. The maximum atomic E-state index is 8.58. The van der Waals surface area contributed by atoms with Crippen molar-refractivity contribution < 1.29 is 4.79 Å². The zero-order valence-corrected chi connectivity index (χ0v) is 10.1. The Labute approximate surface area is 91.8 Å². The quantitative estimate of drug-likeness (QED) is 0.450. The number of unbranched alkanes of at least 4 members (excludes halogenated alkanes) is 3. The standard InChI is InChI=1S/C6H14.C2H4Cl2.CH3NO/c1-3-5-6-4-2;3-1-2-4;2-1-3/h3-6H2,1-2H3;1-2H2;1H,(H2,2,3). The summed E-state index contributed by atoms with van der Waals surface area (Å²) in [7, 11) is 0. The highest BCUT2D eigenvalue weighted by molar-refractivity contribution is 6.25. The maximum absolute atomic E-state index is 8.58. The highest BCUT2D eigenvalue weighted by Crippen LogP contribution is 1.95. The van der Waals surface area contributed by atoms with Crippen LogP contribution < -0.4 is 5.73 Å². The highest BCUT2D eigenvalue weighted by Gasteiger charge is 1.75. The van der Waals surface area contributed by atoms with Gasteiger partial charge >= 0.3 is 0 Å². The van der Waals surface area contributed by atoms with Gasteiger partial charge in [0.25, 0.3) is 0 Å². The average Bonchev–Trinajstić information content (AvgIpc) is 2.16. The number of carbonyl (C=O) groups is 1. The lowest BCUT2D eigenvalue weighted by molar-refractivity contribution is -0.106. The molecule has 0 aliphatic carbocycles. The van der Waals surface area contributed by atoms with Crippen LogP contribution in [0.5, 0.6) is 0 Å². The van der Waals surface area contributed by atoms with Gasteiger partial charge in [0.15, 0.2) is 0 Å². The average molecular weight is 230 g/mol. The number of carbonyl (C=O) groups excluding carboxylic acids is 1. The molecule has 0 saturated heterocycles. The van der Waals surface area contributed by atoms with E-state index in [1.165, 1.54) is 25.7 Å². The van der Waals surface area contributed by atoms with Gasteiger partial charge in [-0.1, -0.05) is 39.5 Å². The summed E-state index contributed by atoms with van der Waals surface area (Å²) in [5.74, 6) is 1.11. The number of amides is 1. The summed E-state index contributed by atoms with van der Waals surface area (Å²) in [6.45, 7) is 4.46. The Balaban J connectivity index is -0.000000125. The molecule has 0 saturated carbocycles. The summed E-state index contributed by atoms with van der Waals surface area (Å²) >= 11 is 10.1. The molecule has 82 valence electrons. The fourth-order valence-electron chi connectivity index (χ4n) is 0.500. The van der Waals surface area contributed by atoms with E-state index in [0.717, 1.165) is 0 Å². The first-order chi connectivity index (χ1) is 6.24. The van der Waals surface area contributed by atoms with E-state index in [-0.39, 0.29) is 6.41 Å². The normalized spacial score (nSPS) is 7.38. The van der Waals surface area contributed by atoms with Crippen LogP contribution in [-0.4, -0.2) is 18.2 Å². The summed E-state index contributed by atoms with van der Waals surface area (Å²) in [4.78, 5) is 8.58. The molecule has 0 aliphatic rings. The molecule has 0 aliphatic heterocycles. The second kappa shape index (κ2) is 29.6. The van der Waals surface area contributed by atoms with Crippen molar-refractivity contribution in [3.63, 3.8) is 0 Å². The lowest BCUT2D eigenvalue weighted by Gasteiger charge is -1.86. The molecule has 0 bridgehead atoms. The predicted octanol–water partition coefficient (Wildman–Crippen LogP) is 3.15. The lowest BCUT2D eigenvalue weighted by Crippen LogP contribution is -1.82. The molecule has 0 rings (SSSR count). The van der Waals surface area contributed by atoms with Crippen LogP contribution in [0.2, 0.25) is 0 Å². The summed E-state index contributed by atoms with van der Waals surface area (Å²) in [5.41, 5.74) is 4.17. The van der Waals surface area contributed by atoms with Crippen LogP contribution in [-0.2, 0) is 4.79 Å². The van der Waals surface area contributed by atoms with Gasteiger partial charge in [-0.3, -0.25) is 4.79 Å². The smallest absolute Gasteiger partial charge is 0.204 e. The van der Waals surface area contributed by atoms with Gasteiger partial charge in [-0.15, -0.1) is 23.2 Å². The van der Waals surface area contributed by atoms with E-state index in [4.69, 9.17) is 28.0 Å². The number of halogens is 2. The van der Waals surface area contributed by atoms with Crippen molar-refractivity contribution in [1.82, 2.24) is 0 Å². The van der Waals surface area contributed by atoms with Crippen LogP contribution in [0.1, 0.15) is 39.5 Å². The van der Waals surface area contributed by atoms with Crippen molar-refractivity contribution in [2.75, 3.05) is 11.8 Å². The number of alkyl halides is 2. The van der Waals surface area contributed by atoms with Crippen LogP contribution in [0.25, 0.3) is 0 Å². The number of hydrogen-bond acceptors (Lipinski definition) is 1. The monoisotopic (exact) mass is 229 g/mol. The Morgan fingerprint density at radius 2 is 1.31 bits per heavy atom. The van der Waals surface area contributed by atoms with Gasteiger partial charge in [0.2, 0.25) is 6.41 Å². The van der Waals surface area contributed by atoms with E-state index < -0.39 is 0 Å². The van der Waals surface area contributed by atoms with Crippen molar-refractivity contribution in [2.24, 2.45) is 5.73 Å². The zero-order chi connectivity index (χ0) is 10.9. The summed E-state index contributed by atoms with van der Waals surface area (Å²) in [5, 5.41) is 0. The number of nitrogens with two attached hydrogens (primary N) is 1. The van der Waals surface area contributed by atoms with Gasteiger partial charge in [-0.2, -0.15) is 0 Å². The van der Waals surface area contributed by atoms with Crippen LogP contribution in [0.15, 0.2) is 0 Å². The third kappa shape index (κ3) is 74.2. The number of primary amides is 1. The summed E-state index contributed by atoms with van der Waals surface area (Å²) in [6, 6.07) is 0. The minimum atomic E-state index is 0.250. The van der Waals surface area contributed by atoms with Crippen molar-refractivity contribution in [2.45, 2.75) is 39.5 Å². The molecule has 0 atom stereocenters. The lowest BCUT2D eigenvalue weighted by atomic mass is 10.2. The molecule has 0 unspecified atom stereocenters. The van der Waals surface area contributed by atoms with Gasteiger partial charge in [-0.05, 0) is 0 Å². The first kappa shape index (κ1) is 18.8. The van der Waals surface area contributed by atoms with E-state index in [1.807, 2.05) is 0 Å². The van der Waals surface area contributed by atoms with Crippen LogP contribution in [0, 0.1) is 0 Å². The zero-order valence-electron chi connectivity index (χ0n) is 8.56. The first-order valence-corrected chi connectivity index (χ1v) is 5.59. The van der Waals surface area contributed by atoms with E-state index >= 15 is 0 Å². The van der Waals surface area contributed by atoms with E-state index in [2.05, 4.69) is 19.6 Å². The molecule has 2 nitrogen and oxygen atoms in total. The Hall–Kier alpha value is 0.0500. The molecule has 0 aromatic carbocycles. The SMILES string of the molecule is CCCCCC.ClCCCl.NC=O. The van der Waals surface area contributed by atoms with Crippen molar-refractivity contribution >= 4 is 29.6 Å². The van der Waals surface area contributed by atoms with Gasteiger partial charge < -0.3 is 5.73 Å². The van der Waals surface area contributed by atoms with Crippen molar-refractivity contribution in [3.05, 3.63) is 0 Å². The molecule has 2 N–H and O–H groups in total. The third-order valence-electron chi connectivity index (χ3n) is 1.03. The maximum Gasteiger partial charge on any atom is 0.204 e. The van der Waals surface area contributed by atoms with Crippen LogP contribution in [0.4, 0.5) is 0 Å². The topological polar surface area (TPSA) is 43.1 Å². The number of rotatable bonds is 4. The first-order valence-electron chi connectivity index (χ1n) is 4.52. The molecule has 0 aromatic heterocycles. The Morgan fingerprint density at radius 3 is 1.38 bits per heavy atom. The Morgan fingerprint density at radius 1 is 1.08 bits per heavy atom. The van der Waals surface area contributed by atoms with Gasteiger partial charge in [0.05, 0.1) is 0 Å². The van der Waals surface area contributed by atoms with Gasteiger partial charge in [0, 0.05) is 11.8 Å². The molecule has 13 heavy (non-hydrogen) atoms. The second-order valence-corrected chi connectivity index (χ2v) is 2.98. The molecular formula is C9H21Cl2NO. The van der Waals surface area contributed by atoms with E-state index in [9.17, 15) is 0 Å². The molecular weight excluding hydrogens is 209 g/mol. The van der Waals surface area contributed by atoms with Gasteiger partial charge in [0.1, 0.15) is 0 Å². The predicted molar refractivity (Wildman–Crippen MR) is 61.5 cm³/mol. The third-order valence-corrected chi connectivity index (χ3v) is 1.60. The van der Waals surface area contributed by atoms with Crippen LogP contribution >= 0.6 is 23.2 Å². The molecule has 0 aromatic rings. The molecule has 0 spiro atoms. The molecule has 4 heteroatoms. The molecule has 0 fully saturated rings. The van der Waals surface area contributed by atoms with E-state index in [0.29, 0.717) is 11.8 Å². The van der Waals surface area contributed by atoms with Crippen molar-refractivity contribution in [1.29, 1.82) is 0 Å². The summed E-state index contributed by atoms with van der Waals surface area (Å²) < 4.78 is 0. The van der Waals surface area contributed by atoms with E-state index in [1.54, 1.807) is 0 Å². The Bertz CT molecular complexity index is 66.6. The number of hydrogen-bond donors (Lipinski definition) is 1. The fraction of sp³-hybridized carbons (Fsp3) is 0.889. The fourth-order valence-corrected chi connectivity index (χ4v) is 0.500. The largest absolute Gasteiger partial charge is 0.372 e. The minimum Gasteiger partial charge on any atom is -0.372 e. The van der Waals surface area contributed by atoms with Crippen LogP contribution in [0.3, 0.4) is 0 Å².